The summed E-state index contributed by atoms with van der Waals surface area (Å²) in [6.45, 7) is 1.41. The van der Waals surface area contributed by atoms with Gasteiger partial charge in [0.05, 0.1) is 27.8 Å². The number of carbonyl (C=O) groups excluding carboxylic acids is 2. The smallest absolute Gasteiger partial charge is 0.327 e. The number of hydrogen-bond acceptors (Lipinski definition) is 4. The Morgan fingerprint density at radius 2 is 1.87 bits per heavy atom. The third-order valence-electron chi connectivity index (χ3n) is 4.41. The molecule has 156 valence electrons. The zero-order valence-electron chi connectivity index (χ0n) is 15.4. The molecular formula is C19H15F3N4O4. The largest absolute Gasteiger partial charge is 0.418 e. The number of nitrogens with zero attached hydrogens (tertiary/aromatic N) is 1. The van der Waals surface area contributed by atoms with E-state index in [1.165, 1.54) is 43.3 Å². The van der Waals surface area contributed by atoms with Gasteiger partial charge in [-0.15, -0.1) is 0 Å². The van der Waals surface area contributed by atoms with Crippen molar-refractivity contribution in [3.05, 3.63) is 81.0 Å². The molecule has 0 spiro atoms. The van der Waals surface area contributed by atoms with Crippen LogP contribution in [-0.2, 0) is 11.0 Å². The first-order valence-corrected chi connectivity index (χ1v) is 8.58. The van der Waals surface area contributed by atoms with Crippen LogP contribution in [-0.4, -0.2) is 16.9 Å². The van der Waals surface area contributed by atoms with Crippen LogP contribution in [0, 0.1) is 10.1 Å². The zero-order chi connectivity index (χ0) is 22.1. The number of carbonyl (C=O) groups is 2. The number of nitrogens with one attached hydrogen (secondary N) is 3. The molecule has 2 aromatic carbocycles. The molecule has 8 nitrogen and oxygen atoms in total. The van der Waals surface area contributed by atoms with E-state index in [0.717, 1.165) is 12.1 Å². The van der Waals surface area contributed by atoms with E-state index in [2.05, 4.69) is 16.0 Å². The average Bonchev–Trinajstić information content (AvgIpc) is 2.67. The molecule has 0 fully saturated rings. The minimum absolute atomic E-state index is 0.0768. The maximum Gasteiger partial charge on any atom is 0.418 e. The summed E-state index contributed by atoms with van der Waals surface area (Å²) >= 11 is 0. The van der Waals surface area contributed by atoms with Crippen molar-refractivity contribution in [2.24, 2.45) is 0 Å². The maximum atomic E-state index is 13.2. The van der Waals surface area contributed by atoms with Crippen molar-refractivity contribution in [1.29, 1.82) is 0 Å². The second-order valence-corrected chi connectivity index (χ2v) is 6.42. The second-order valence-electron chi connectivity index (χ2n) is 6.42. The molecule has 2 aromatic rings. The summed E-state index contributed by atoms with van der Waals surface area (Å²) in [6.07, 6.45) is -4.69. The highest BCUT2D eigenvalue weighted by Gasteiger charge is 2.36. The molecule has 1 atom stereocenters. The summed E-state index contributed by atoms with van der Waals surface area (Å²) < 4.78 is 39.7. The standard InChI is InChI=1S/C19H15F3N4O4/c1-10-15(17(27)24-14-8-3-2-7-13(14)19(20,21)22)16(25-18(28)23-10)11-5-4-6-12(9-11)26(29)30/h2-9,16H,1H3,(H,24,27)(H2,23,25,28)/t16-/m1/s1. The van der Waals surface area contributed by atoms with Crippen LogP contribution in [0.5, 0.6) is 0 Å². The molecule has 1 heterocycles. The summed E-state index contributed by atoms with van der Waals surface area (Å²) in [6, 6.07) is 7.97. The fourth-order valence-electron chi connectivity index (χ4n) is 3.09. The van der Waals surface area contributed by atoms with Gasteiger partial charge < -0.3 is 16.0 Å². The third kappa shape index (κ3) is 4.24. The molecule has 3 N–H and O–H groups in total. The van der Waals surface area contributed by atoms with Gasteiger partial charge in [0.2, 0.25) is 0 Å². The number of anilines is 1. The summed E-state index contributed by atoms with van der Waals surface area (Å²) in [5.41, 5.74) is -1.49. The molecule has 0 bridgehead atoms. The molecular weight excluding hydrogens is 405 g/mol. The minimum Gasteiger partial charge on any atom is -0.327 e. The number of rotatable bonds is 4. The molecule has 1 aliphatic heterocycles. The highest BCUT2D eigenvalue weighted by atomic mass is 19.4. The first-order chi connectivity index (χ1) is 14.1. The lowest BCUT2D eigenvalue weighted by molar-refractivity contribution is -0.384. The fraction of sp³-hybridized carbons (Fsp3) is 0.158. The van der Waals surface area contributed by atoms with E-state index in [1.807, 2.05) is 0 Å². The number of nitro benzene ring substituents is 1. The highest BCUT2D eigenvalue weighted by Crippen LogP contribution is 2.36. The van der Waals surface area contributed by atoms with Gasteiger partial charge in [0.1, 0.15) is 0 Å². The number of benzene rings is 2. The van der Waals surface area contributed by atoms with Gasteiger partial charge in [0.15, 0.2) is 0 Å². The average molecular weight is 420 g/mol. The van der Waals surface area contributed by atoms with Crippen LogP contribution in [0.15, 0.2) is 59.8 Å². The lowest BCUT2D eigenvalue weighted by Crippen LogP contribution is -2.46. The number of non-ortho nitro benzene ring substituents is 1. The number of allylic oxidation sites excluding steroid dienone is 1. The van der Waals surface area contributed by atoms with Crippen molar-refractivity contribution in [2.45, 2.75) is 19.1 Å². The second kappa shape index (κ2) is 7.85. The molecule has 0 aliphatic carbocycles. The quantitative estimate of drug-likeness (QED) is 0.515. The Bertz CT molecular complexity index is 1070. The van der Waals surface area contributed by atoms with E-state index >= 15 is 0 Å². The molecule has 0 saturated carbocycles. The Balaban J connectivity index is 2.01. The van der Waals surface area contributed by atoms with Crippen LogP contribution in [0.4, 0.5) is 29.3 Å². The molecule has 0 unspecified atom stereocenters. The summed E-state index contributed by atoms with van der Waals surface area (Å²) in [7, 11) is 0. The predicted octanol–water partition coefficient (Wildman–Crippen LogP) is 3.88. The Kier molecular flexibility index (Phi) is 5.45. The third-order valence-corrected chi connectivity index (χ3v) is 4.41. The van der Waals surface area contributed by atoms with E-state index in [9.17, 15) is 32.9 Å². The summed E-state index contributed by atoms with van der Waals surface area (Å²) in [5.74, 6) is -0.895. The van der Waals surface area contributed by atoms with E-state index in [4.69, 9.17) is 0 Å². The number of amides is 3. The van der Waals surface area contributed by atoms with Gasteiger partial charge >= 0.3 is 12.2 Å². The zero-order valence-corrected chi connectivity index (χ0v) is 15.4. The molecule has 30 heavy (non-hydrogen) atoms. The van der Waals surface area contributed by atoms with Crippen LogP contribution in [0.25, 0.3) is 0 Å². The van der Waals surface area contributed by atoms with E-state index in [0.29, 0.717) is 0 Å². The van der Waals surface area contributed by atoms with Crippen LogP contribution < -0.4 is 16.0 Å². The topological polar surface area (TPSA) is 113 Å². The summed E-state index contributed by atoms with van der Waals surface area (Å²) in [5, 5.41) is 18.2. The number of halogens is 3. The van der Waals surface area contributed by atoms with Gasteiger partial charge in [0, 0.05) is 17.8 Å². The van der Waals surface area contributed by atoms with Crippen molar-refractivity contribution in [1.82, 2.24) is 10.6 Å². The molecule has 1 aliphatic rings. The normalized spacial score (nSPS) is 16.5. The first-order valence-electron chi connectivity index (χ1n) is 8.58. The number of para-hydroxylation sites is 1. The Hall–Kier alpha value is -3.89. The van der Waals surface area contributed by atoms with Crippen molar-refractivity contribution in [3.63, 3.8) is 0 Å². The van der Waals surface area contributed by atoms with Gasteiger partial charge in [-0.1, -0.05) is 24.3 Å². The maximum absolute atomic E-state index is 13.2. The first kappa shape index (κ1) is 20.8. The highest BCUT2D eigenvalue weighted by molar-refractivity contribution is 6.07. The van der Waals surface area contributed by atoms with Gasteiger partial charge in [-0.2, -0.15) is 13.2 Å². The summed E-state index contributed by atoms with van der Waals surface area (Å²) in [4.78, 5) is 35.2. The Morgan fingerprint density at radius 3 is 2.53 bits per heavy atom. The Labute approximate surface area is 167 Å². The van der Waals surface area contributed by atoms with Crippen molar-refractivity contribution in [3.8, 4) is 0 Å². The van der Waals surface area contributed by atoms with Gasteiger partial charge in [-0.3, -0.25) is 14.9 Å². The molecule has 11 heteroatoms. The number of nitro groups is 1. The molecule has 0 aromatic heterocycles. The van der Waals surface area contributed by atoms with Crippen LogP contribution in [0.2, 0.25) is 0 Å². The van der Waals surface area contributed by atoms with Crippen molar-refractivity contribution >= 4 is 23.3 Å². The van der Waals surface area contributed by atoms with Gasteiger partial charge in [-0.05, 0) is 24.6 Å². The van der Waals surface area contributed by atoms with Crippen LogP contribution in [0.3, 0.4) is 0 Å². The van der Waals surface area contributed by atoms with Gasteiger partial charge in [0.25, 0.3) is 11.6 Å². The van der Waals surface area contributed by atoms with E-state index in [-0.39, 0.29) is 22.5 Å². The lowest BCUT2D eigenvalue weighted by atomic mass is 9.94. The van der Waals surface area contributed by atoms with E-state index in [1.54, 1.807) is 0 Å². The monoisotopic (exact) mass is 420 g/mol. The van der Waals surface area contributed by atoms with Crippen LogP contribution >= 0.6 is 0 Å². The lowest BCUT2D eigenvalue weighted by Gasteiger charge is -2.28. The molecule has 0 radical (unpaired) electrons. The molecule has 0 saturated heterocycles. The predicted molar refractivity (Wildman–Crippen MR) is 100 cm³/mol. The van der Waals surface area contributed by atoms with Crippen molar-refractivity contribution in [2.75, 3.05) is 5.32 Å². The number of urea groups is 1. The van der Waals surface area contributed by atoms with Crippen molar-refractivity contribution < 1.29 is 27.7 Å². The minimum atomic E-state index is -4.69. The number of alkyl halides is 3. The fourth-order valence-corrected chi connectivity index (χ4v) is 3.09. The number of hydrogen-bond donors (Lipinski definition) is 3. The SMILES string of the molecule is CC1=C(C(=O)Nc2ccccc2C(F)(F)F)[C@@H](c2cccc([N+](=O)[O-])c2)NC(=O)N1. The van der Waals surface area contributed by atoms with Crippen LogP contribution in [0.1, 0.15) is 24.1 Å². The Morgan fingerprint density at radius 1 is 1.17 bits per heavy atom. The molecule has 3 rings (SSSR count). The molecule has 3 amide bonds. The van der Waals surface area contributed by atoms with Gasteiger partial charge in [-0.25, -0.2) is 4.79 Å². The van der Waals surface area contributed by atoms with E-state index < -0.39 is 40.3 Å².